The average Bonchev–Trinajstić information content (AvgIpc) is 2.72. The van der Waals surface area contributed by atoms with Crippen LogP contribution in [0.4, 0.5) is 14.5 Å². The highest BCUT2D eigenvalue weighted by Crippen LogP contribution is 2.31. The van der Waals surface area contributed by atoms with Gasteiger partial charge in [0, 0.05) is 13.1 Å². The second-order valence-electron chi connectivity index (χ2n) is 6.81. The van der Waals surface area contributed by atoms with Gasteiger partial charge in [-0.25, -0.2) is 17.2 Å². The number of carbonyl (C=O) groups excluding carboxylic acids is 1. The van der Waals surface area contributed by atoms with Crippen molar-refractivity contribution in [1.29, 1.82) is 0 Å². The monoisotopic (exact) mass is 458 g/mol. The van der Waals surface area contributed by atoms with Gasteiger partial charge < -0.3 is 10.1 Å². The lowest BCUT2D eigenvalue weighted by molar-refractivity contribution is -0.120. The van der Waals surface area contributed by atoms with Gasteiger partial charge in [0.05, 0.1) is 22.4 Å². The van der Waals surface area contributed by atoms with Crippen molar-refractivity contribution >= 4 is 33.2 Å². The predicted molar refractivity (Wildman–Crippen MR) is 109 cm³/mol. The van der Waals surface area contributed by atoms with Gasteiger partial charge in [-0.2, -0.15) is 4.31 Å². The molecule has 1 atom stereocenters. The Morgan fingerprint density at radius 1 is 1.27 bits per heavy atom. The highest BCUT2D eigenvalue weighted by atomic mass is 35.5. The van der Waals surface area contributed by atoms with Crippen LogP contribution in [0.3, 0.4) is 0 Å². The molecule has 0 radical (unpaired) electrons. The Bertz CT molecular complexity index is 1030. The lowest BCUT2D eigenvalue weighted by atomic mass is 9.98. The molecule has 1 fully saturated rings. The Morgan fingerprint density at radius 3 is 2.60 bits per heavy atom. The molecule has 3 rings (SSSR count). The number of anilines is 1. The summed E-state index contributed by atoms with van der Waals surface area (Å²) < 4.78 is 60.2. The van der Waals surface area contributed by atoms with E-state index >= 15 is 0 Å². The summed E-state index contributed by atoms with van der Waals surface area (Å²) in [5.41, 5.74) is -0.541. The lowest BCUT2D eigenvalue weighted by Gasteiger charge is -2.31. The minimum absolute atomic E-state index is 0.0165. The van der Waals surface area contributed by atoms with E-state index in [0.29, 0.717) is 25.2 Å². The molecule has 1 saturated heterocycles. The molecule has 1 aliphatic rings. The van der Waals surface area contributed by atoms with Gasteiger partial charge in [-0.1, -0.05) is 17.7 Å². The van der Waals surface area contributed by atoms with Crippen molar-refractivity contribution in [3.05, 3.63) is 53.1 Å². The van der Waals surface area contributed by atoms with Gasteiger partial charge in [-0.3, -0.25) is 4.79 Å². The summed E-state index contributed by atoms with van der Waals surface area (Å²) in [6.45, 7) is 2.30. The summed E-state index contributed by atoms with van der Waals surface area (Å²) in [5.74, 6) is -2.80. The molecule has 6 nitrogen and oxygen atoms in total. The molecule has 30 heavy (non-hydrogen) atoms. The van der Waals surface area contributed by atoms with E-state index in [4.69, 9.17) is 16.3 Å². The summed E-state index contributed by atoms with van der Waals surface area (Å²) in [6.07, 6.45) is 0.833. The lowest BCUT2D eigenvalue weighted by Crippen LogP contribution is -2.43. The summed E-state index contributed by atoms with van der Waals surface area (Å²) >= 11 is 6.11. The molecular weight excluding hydrogens is 438 g/mol. The third-order valence-electron chi connectivity index (χ3n) is 4.81. The zero-order valence-corrected chi connectivity index (χ0v) is 17.8. The number of ether oxygens (including phenoxy) is 1. The number of hydrogen-bond acceptors (Lipinski definition) is 4. The fraction of sp³-hybridized carbons (Fsp3) is 0.350. The second-order valence-corrected chi connectivity index (χ2v) is 9.16. The van der Waals surface area contributed by atoms with Crippen LogP contribution in [0.15, 0.2) is 41.3 Å². The first kappa shape index (κ1) is 22.5. The van der Waals surface area contributed by atoms with Crippen LogP contribution in [0, 0.1) is 17.6 Å². The number of hydrogen-bond donors (Lipinski definition) is 1. The van der Waals surface area contributed by atoms with Crippen LogP contribution < -0.4 is 10.1 Å². The Morgan fingerprint density at radius 2 is 1.97 bits per heavy atom. The number of rotatable bonds is 6. The molecule has 1 N–H and O–H groups in total. The van der Waals surface area contributed by atoms with Crippen molar-refractivity contribution in [2.75, 3.05) is 25.0 Å². The largest absolute Gasteiger partial charge is 0.492 e. The molecule has 2 aromatic carbocycles. The molecule has 0 unspecified atom stereocenters. The maximum atomic E-state index is 13.8. The molecule has 1 amide bonds. The van der Waals surface area contributed by atoms with Crippen LogP contribution in [0.2, 0.25) is 5.02 Å². The molecule has 162 valence electrons. The molecular formula is C20H21ClF2N2O4S. The van der Waals surface area contributed by atoms with Crippen LogP contribution in [0.1, 0.15) is 19.8 Å². The van der Waals surface area contributed by atoms with Crippen molar-refractivity contribution in [2.45, 2.75) is 24.7 Å². The van der Waals surface area contributed by atoms with Crippen LogP contribution in [-0.4, -0.2) is 38.3 Å². The van der Waals surface area contributed by atoms with Gasteiger partial charge in [-0.15, -0.1) is 0 Å². The molecule has 0 aromatic heterocycles. The number of piperidine rings is 1. The topological polar surface area (TPSA) is 75.7 Å². The number of benzene rings is 2. The zero-order valence-electron chi connectivity index (χ0n) is 16.2. The molecule has 0 spiro atoms. The normalized spacial score (nSPS) is 17.5. The number of sulfonamides is 1. The third-order valence-corrected chi connectivity index (χ3v) is 6.96. The Hall–Kier alpha value is -2.23. The van der Waals surface area contributed by atoms with Crippen molar-refractivity contribution in [2.24, 2.45) is 5.92 Å². The summed E-state index contributed by atoms with van der Waals surface area (Å²) in [7, 11) is -3.91. The molecule has 0 aliphatic carbocycles. The van der Waals surface area contributed by atoms with Crippen molar-refractivity contribution in [1.82, 2.24) is 4.31 Å². The van der Waals surface area contributed by atoms with E-state index in [1.54, 1.807) is 6.92 Å². The zero-order chi connectivity index (χ0) is 21.9. The Labute approximate surface area is 178 Å². The molecule has 2 aromatic rings. The molecule has 0 bridgehead atoms. The molecule has 10 heteroatoms. The number of nitrogens with zero attached hydrogens (tertiary/aromatic N) is 1. The van der Waals surface area contributed by atoms with E-state index in [1.807, 2.05) is 0 Å². The number of para-hydroxylation sites is 1. The van der Waals surface area contributed by atoms with Gasteiger partial charge in [0.2, 0.25) is 15.9 Å². The van der Waals surface area contributed by atoms with Crippen LogP contribution in [0.25, 0.3) is 0 Å². The first-order chi connectivity index (χ1) is 14.2. The highest BCUT2D eigenvalue weighted by molar-refractivity contribution is 7.89. The standard InChI is InChI=1S/C20H21ClF2N2O4S/c1-2-29-18-9-8-14(11-15(18)21)30(27,28)25-10-4-5-13(12-25)20(26)24-19-16(22)6-3-7-17(19)23/h3,6-9,11,13H,2,4-5,10,12H2,1H3,(H,24,26)/t13-/m0/s1. The van der Waals surface area contributed by atoms with E-state index in [2.05, 4.69) is 5.32 Å². The predicted octanol–water partition coefficient (Wildman–Crippen LogP) is 4.06. The van der Waals surface area contributed by atoms with Crippen molar-refractivity contribution < 1.29 is 26.7 Å². The quantitative estimate of drug-likeness (QED) is 0.708. The number of nitrogens with one attached hydrogen (secondary N) is 1. The minimum Gasteiger partial charge on any atom is -0.492 e. The summed E-state index contributed by atoms with van der Waals surface area (Å²) in [6, 6.07) is 7.44. The first-order valence-electron chi connectivity index (χ1n) is 9.41. The van der Waals surface area contributed by atoms with E-state index in [0.717, 1.165) is 12.1 Å². The number of halogens is 3. The third kappa shape index (κ3) is 4.74. The van der Waals surface area contributed by atoms with Crippen molar-refractivity contribution in [3.63, 3.8) is 0 Å². The maximum Gasteiger partial charge on any atom is 0.243 e. The van der Waals surface area contributed by atoms with E-state index < -0.39 is 39.2 Å². The van der Waals surface area contributed by atoms with Gasteiger partial charge in [0.15, 0.2) is 0 Å². The fourth-order valence-corrected chi connectivity index (χ4v) is 5.13. The second kappa shape index (κ2) is 9.28. The Kier molecular flexibility index (Phi) is 6.95. The van der Waals surface area contributed by atoms with Gasteiger partial charge >= 0.3 is 0 Å². The minimum atomic E-state index is -3.91. The molecule has 1 heterocycles. The fourth-order valence-electron chi connectivity index (χ4n) is 3.28. The van der Waals surface area contributed by atoms with Crippen molar-refractivity contribution in [3.8, 4) is 5.75 Å². The summed E-state index contributed by atoms with van der Waals surface area (Å²) in [4.78, 5) is 12.5. The SMILES string of the molecule is CCOc1ccc(S(=O)(=O)N2CCC[C@H](C(=O)Nc3c(F)cccc3F)C2)cc1Cl. The van der Waals surface area contributed by atoms with Crippen LogP contribution >= 0.6 is 11.6 Å². The van der Waals surface area contributed by atoms with E-state index in [1.165, 1.54) is 28.6 Å². The number of amides is 1. The van der Waals surface area contributed by atoms with Gasteiger partial charge in [0.1, 0.15) is 23.1 Å². The van der Waals surface area contributed by atoms with Crippen LogP contribution in [0.5, 0.6) is 5.75 Å². The number of carbonyl (C=O) groups is 1. The molecule has 0 saturated carbocycles. The van der Waals surface area contributed by atoms with E-state index in [-0.39, 0.29) is 23.0 Å². The van der Waals surface area contributed by atoms with Gasteiger partial charge in [0.25, 0.3) is 0 Å². The van der Waals surface area contributed by atoms with Crippen LogP contribution in [-0.2, 0) is 14.8 Å². The first-order valence-corrected chi connectivity index (χ1v) is 11.2. The summed E-state index contributed by atoms with van der Waals surface area (Å²) in [5, 5.41) is 2.41. The van der Waals surface area contributed by atoms with E-state index in [9.17, 15) is 22.0 Å². The average molecular weight is 459 g/mol. The van der Waals surface area contributed by atoms with Gasteiger partial charge in [-0.05, 0) is 50.1 Å². The maximum absolute atomic E-state index is 13.8. The highest BCUT2D eigenvalue weighted by Gasteiger charge is 2.34. The Balaban J connectivity index is 1.76. The smallest absolute Gasteiger partial charge is 0.243 e. The molecule has 1 aliphatic heterocycles.